The van der Waals surface area contributed by atoms with Crippen LogP contribution in [0.2, 0.25) is 0 Å². The molecule has 1 aromatic rings. The number of nitrogens with zero attached hydrogens (tertiary/aromatic N) is 1. The molecule has 2 nitrogen and oxygen atoms in total. The van der Waals surface area contributed by atoms with Gasteiger partial charge in [0.15, 0.2) is 0 Å². The molecule has 0 saturated heterocycles. The van der Waals surface area contributed by atoms with Crippen LogP contribution in [0, 0.1) is 11.3 Å². The average molecular weight is 175 g/mol. The summed E-state index contributed by atoms with van der Waals surface area (Å²) in [6, 6.07) is 11.7. The minimum atomic E-state index is -0.852. The van der Waals surface area contributed by atoms with Crippen molar-refractivity contribution in [2.45, 2.75) is 25.4 Å². The Balaban J connectivity index is 2.60. The Hall–Kier alpha value is -1.33. The van der Waals surface area contributed by atoms with Gasteiger partial charge in [0.1, 0.15) is 6.10 Å². The average Bonchev–Trinajstić information content (AvgIpc) is 2.19. The van der Waals surface area contributed by atoms with Gasteiger partial charge in [-0.2, -0.15) is 5.26 Å². The van der Waals surface area contributed by atoms with Crippen LogP contribution in [0.3, 0.4) is 0 Å². The molecule has 0 spiro atoms. The Bertz CT molecular complexity index is 289. The molecule has 0 unspecified atom stereocenters. The van der Waals surface area contributed by atoms with Crippen molar-refractivity contribution in [2.24, 2.45) is 0 Å². The van der Waals surface area contributed by atoms with E-state index >= 15 is 0 Å². The number of rotatable bonds is 3. The van der Waals surface area contributed by atoms with Crippen LogP contribution in [-0.2, 0) is 0 Å². The number of hydrogen-bond acceptors (Lipinski definition) is 2. The molecule has 2 heteroatoms. The molecule has 68 valence electrons. The molecule has 0 fully saturated rings. The highest BCUT2D eigenvalue weighted by molar-refractivity contribution is 5.19. The van der Waals surface area contributed by atoms with Crippen molar-refractivity contribution in [1.29, 1.82) is 5.26 Å². The zero-order valence-electron chi connectivity index (χ0n) is 7.64. The monoisotopic (exact) mass is 175 g/mol. The number of hydrogen-bond donors (Lipinski definition) is 1. The van der Waals surface area contributed by atoms with E-state index in [4.69, 9.17) is 10.4 Å². The lowest BCUT2D eigenvalue weighted by Crippen LogP contribution is -2.07. The van der Waals surface area contributed by atoms with E-state index in [1.54, 1.807) is 0 Å². The Morgan fingerprint density at radius 3 is 2.54 bits per heavy atom. The highest BCUT2D eigenvalue weighted by atomic mass is 16.3. The summed E-state index contributed by atoms with van der Waals surface area (Å²) in [6.07, 6.45) is -0.351. The predicted octanol–water partition coefficient (Wildman–Crippen LogP) is 2.06. The van der Waals surface area contributed by atoms with Crippen LogP contribution < -0.4 is 0 Å². The minimum absolute atomic E-state index is 0.232. The molecule has 0 aliphatic heterocycles. The first-order valence-corrected chi connectivity index (χ1v) is 4.36. The molecule has 0 aliphatic rings. The van der Waals surface area contributed by atoms with Crippen LogP contribution in [0.5, 0.6) is 0 Å². The van der Waals surface area contributed by atoms with Crippen molar-refractivity contribution in [3.8, 4) is 6.07 Å². The summed E-state index contributed by atoms with van der Waals surface area (Å²) < 4.78 is 0. The van der Waals surface area contributed by atoms with E-state index in [1.807, 2.05) is 43.3 Å². The second-order valence-corrected chi connectivity index (χ2v) is 3.19. The number of aliphatic hydroxyl groups is 1. The molecule has 13 heavy (non-hydrogen) atoms. The van der Waals surface area contributed by atoms with Gasteiger partial charge in [0.2, 0.25) is 0 Å². The van der Waals surface area contributed by atoms with Crippen molar-refractivity contribution >= 4 is 0 Å². The first-order chi connectivity index (χ1) is 6.24. The molecule has 0 saturated carbocycles. The van der Waals surface area contributed by atoms with Crippen molar-refractivity contribution < 1.29 is 5.11 Å². The predicted molar refractivity (Wildman–Crippen MR) is 51.1 cm³/mol. The molecule has 2 atom stereocenters. The molecule has 0 aliphatic carbocycles. The Morgan fingerprint density at radius 1 is 1.38 bits per heavy atom. The molecule has 1 rings (SSSR count). The molecule has 0 radical (unpaired) electrons. The standard InChI is InChI=1S/C11H13NO/c1-9(7-11(13)8-12)10-5-3-2-4-6-10/h2-6,9,11,13H,7H2,1H3/t9-,11-/m0/s1. The smallest absolute Gasteiger partial charge is 0.141 e. The van der Waals surface area contributed by atoms with Crippen LogP contribution in [-0.4, -0.2) is 11.2 Å². The van der Waals surface area contributed by atoms with E-state index in [1.165, 1.54) is 0 Å². The molecular formula is C11H13NO. The molecule has 0 amide bonds. The number of benzene rings is 1. The highest BCUT2D eigenvalue weighted by Gasteiger charge is 2.10. The summed E-state index contributed by atoms with van der Waals surface area (Å²) >= 11 is 0. The fourth-order valence-corrected chi connectivity index (χ4v) is 1.31. The van der Waals surface area contributed by atoms with Crippen LogP contribution >= 0.6 is 0 Å². The summed E-state index contributed by atoms with van der Waals surface area (Å²) in [4.78, 5) is 0. The second kappa shape index (κ2) is 4.64. The van der Waals surface area contributed by atoms with Gasteiger partial charge in [-0.1, -0.05) is 37.3 Å². The van der Waals surface area contributed by atoms with Crippen molar-refractivity contribution in [3.05, 3.63) is 35.9 Å². The van der Waals surface area contributed by atoms with Crippen molar-refractivity contribution in [1.82, 2.24) is 0 Å². The van der Waals surface area contributed by atoms with E-state index in [0.717, 1.165) is 5.56 Å². The largest absolute Gasteiger partial charge is 0.378 e. The first-order valence-electron chi connectivity index (χ1n) is 4.36. The van der Waals surface area contributed by atoms with Gasteiger partial charge in [0, 0.05) is 0 Å². The van der Waals surface area contributed by atoms with Gasteiger partial charge in [0.05, 0.1) is 6.07 Å². The zero-order valence-corrected chi connectivity index (χ0v) is 7.64. The van der Waals surface area contributed by atoms with Crippen LogP contribution in [0.1, 0.15) is 24.8 Å². The van der Waals surface area contributed by atoms with Crippen LogP contribution in [0.25, 0.3) is 0 Å². The molecule has 0 heterocycles. The summed E-state index contributed by atoms with van der Waals surface area (Å²) in [6.45, 7) is 2.01. The Kier molecular flexibility index (Phi) is 3.48. The third-order valence-electron chi connectivity index (χ3n) is 2.09. The molecule has 1 N–H and O–H groups in total. The van der Waals surface area contributed by atoms with E-state index in [0.29, 0.717) is 6.42 Å². The third-order valence-corrected chi connectivity index (χ3v) is 2.09. The quantitative estimate of drug-likeness (QED) is 0.714. The van der Waals surface area contributed by atoms with Crippen molar-refractivity contribution in [2.75, 3.05) is 0 Å². The topological polar surface area (TPSA) is 44.0 Å². The number of nitriles is 1. The molecular weight excluding hydrogens is 162 g/mol. The first kappa shape index (κ1) is 9.76. The van der Waals surface area contributed by atoms with Gasteiger partial charge >= 0.3 is 0 Å². The summed E-state index contributed by atoms with van der Waals surface area (Å²) in [7, 11) is 0. The third kappa shape index (κ3) is 2.89. The highest BCUT2D eigenvalue weighted by Crippen LogP contribution is 2.19. The lowest BCUT2D eigenvalue weighted by Gasteiger charge is -2.11. The zero-order chi connectivity index (χ0) is 9.68. The van der Waals surface area contributed by atoms with Gasteiger partial charge in [-0.05, 0) is 17.9 Å². The molecule has 0 aromatic heterocycles. The summed E-state index contributed by atoms with van der Waals surface area (Å²) in [5, 5.41) is 17.6. The van der Waals surface area contributed by atoms with E-state index in [-0.39, 0.29) is 5.92 Å². The minimum Gasteiger partial charge on any atom is -0.378 e. The van der Waals surface area contributed by atoms with E-state index in [2.05, 4.69) is 0 Å². The normalized spacial score (nSPS) is 14.5. The van der Waals surface area contributed by atoms with E-state index < -0.39 is 6.10 Å². The second-order valence-electron chi connectivity index (χ2n) is 3.19. The number of aliphatic hydroxyl groups excluding tert-OH is 1. The van der Waals surface area contributed by atoms with Gasteiger partial charge < -0.3 is 5.11 Å². The van der Waals surface area contributed by atoms with E-state index in [9.17, 15) is 0 Å². The lowest BCUT2D eigenvalue weighted by atomic mass is 9.95. The fourth-order valence-electron chi connectivity index (χ4n) is 1.31. The maximum Gasteiger partial charge on any atom is 0.141 e. The summed E-state index contributed by atoms with van der Waals surface area (Å²) in [5.74, 6) is 0.232. The van der Waals surface area contributed by atoms with Crippen molar-refractivity contribution in [3.63, 3.8) is 0 Å². The van der Waals surface area contributed by atoms with Gasteiger partial charge in [0.25, 0.3) is 0 Å². The Morgan fingerprint density at radius 2 is 2.00 bits per heavy atom. The van der Waals surface area contributed by atoms with Gasteiger partial charge in [-0.15, -0.1) is 0 Å². The SMILES string of the molecule is C[C@@H](C[C@H](O)C#N)c1ccccc1. The lowest BCUT2D eigenvalue weighted by molar-refractivity contribution is 0.211. The van der Waals surface area contributed by atoms with Gasteiger partial charge in [-0.3, -0.25) is 0 Å². The summed E-state index contributed by atoms with van der Waals surface area (Å²) in [5.41, 5.74) is 1.16. The Labute approximate surface area is 78.4 Å². The maximum atomic E-state index is 9.13. The maximum absolute atomic E-state index is 9.13. The van der Waals surface area contributed by atoms with Crippen LogP contribution in [0.15, 0.2) is 30.3 Å². The molecule has 1 aromatic carbocycles. The van der Waals surface area contributed by atoms with Crippen LogP contribution in [0.4, 0.5) is 0 Å². The molecule has 0 bridgehead atoms. The van der Waals surface area contributed by atoms with Gasteiger partial charge in [-0.25, -0.2) is 0 Å². The fraction of sp³-hybridized carbons (Fsp3) is 0.364.